The maximum Gasteiger partial charge on any atom is 0.270 e. The van der Waals surface area contributed by atoms with Gasteiger partial charge in [-0.1, -0.05) is 12.1 Å². The van der Waals surface area contributed by atoms with Crippen LogP contribution in [0.25, 0.3) is 0 Å². The van der Waals surface area contributed by atoms with E-state index in [2.05, 4.69) is 0 Å². The molecule has 2 rings (SSSR count). The van der Waals surface area contributed by atoms with Crippen molar-refractivity contribution in [2.75, 3.05) is 18.0 Å². The van der Waals surface area contributed by atoms with Crippen LogP contribution in [0.2, 0.25) is 0 Å². The lowest BCUT2D eigenvalue weighted by atomic mass is 10.2. The molecule has 0 aliphatic rings. The molecule has 0 atom stereocenters. The molecule has 2 aromatic rings. The number of ether oxygens (including phenoxy) is 1. The molecular formula is C16H18N2O5S. The molecule has 0 amide bonds. The molecule has 7 nitrogen and oxygen atoms in total. The van der Waals surface area contributed by atoms with Crippen LogP contribution in [-0.2, 0) is 10.0 Å². The summed E-state index contributed by atoms with van der Waals surface area (Å²) >= 11 is 0. The van der Waals surface area contributed by atoms with Gasteiger partial charge < -0.3 is 4.74 Å². The molecule has 0 unspecified atom stereocenters. The minimum absolute atomic E-state index is 0.0963. The number of nitro benzene ring substituents is 1. The van der Waals surface area contributed by atoms with E-state index in [1.807, 2.05) is 6.92 Å². The van der Waals surface area contributed by atoms with Crippen molar-refractivity contribution in [3.05, 3.63) is 58.1 Å². The van der Waals surface area contributed by atoms with E-state index in [1.165, 1.54) is 19.2 Å². The second-order valence-electron chi connectivity index (χ2n) is 5.11. The maximum absolute atomic E-state index is 12.9. The van der Waals surface area contributed by atoms with Crippen LogP contribution >= 0.6 is 0 Å². The Hall–Kier alpha value is -2.61. The predicted octanol–water partition coefficient (Wildman–Crippen LogP) is 3.13. The summed E-state index contributed by atoms with van der Waals surface area (Å²) in [6.07, 6.45) is 0. The van der Waals surface area contributed by atoms with Crippen molar-refractivity contribution in [2.24, 2.45) is 0 Å². The molecule has 0 fully saturated rings. The summed E-state index contributed by atoms with van der Waals surface area (Å²) in [6.45, 7) is 3.89. The number of aryl methyl sites for hydroxylation is 1. The summed E-state index contributed by atoms with van der Waals surface area (Å²) in [7, 11) is -2.54. The van der Waals surface area contributed by atoms with Gasteiger partial charge in [0.15, 0.2) is 0 Å². The fourth-order valence-corrected chi connectivity index (χ4v) is 3.63. The van der Waals surface area contributed by atoms with Crippen molar-refractivity contribution in [1.82, 2.24) is 0 Å². The first kappa shape index (κ1) is 17.7. The highest BCUT2D eigenvalue weighted by Gasteiger charge is 2.25. The molecule has 0 N–H and O–H groups in total. The highest BCUT2D eigenvalue weighted by atomic mass is 32.2. The van der Waals surface area contributed by atoms with Crippen LogP contribution < -0.4 is 9.04 Å². The first-order valence-electron chi connectivity index (χ1n) is 7.24. The Morgan fingerprint density at radius 1 is 1.21 bits per heavy atom. The standard InChI is InChI=1S/C16H18N2O5S/c1-4-23-15-7-5-6-13(10-15)17(3)24(21,22)16-11-14(18(19)20)9-8-12(16)2/h5-11H,4H2,1-3H3. The van der Waals surface area contributed by atoms with Crippen molar-refractivity contribution in [1.29, 1.82) is 0 Å². The largest absolute Gasteiger partial charge is 0.494 e. The van der Waals surface area contributed by atoms with Gasteiger partial charge in [0.1, 0.15) is 5.75 Å². The predicted molar refractivity (Wildman–Crippen MR) is 91.0 cm³/mol. The quantitative estimate of drug-likeness (QED) is 0.590. The summed E-state index contributed by atoms with van der Waals surface area (Å²) in [4.78, 5) is 10.2. The zero-order valence-electron chi connectivity index (χ0n) is 13.6. The number of benzene rings is 2. The van der Waals surface area contributed by atoms with E-state index in [1.54, 1.807) is 31.2 Å². The lowest BCUT2D eigenvalue weighted by Gasteiger charge is -2.21. The zero-order valence-corrected chi connectivity index (χ0v) is 14.4. The first-order chi connectivity index (χ1) is 11.3. The lowest BCUT2D eigenvalue weighted by molar-refractivity contribution is -0.385. The number of sulfonamides is 1. The summed E-state index contributed by atoms with van der Waals surface area (Å²) in [6, 6.07) is 10.4. The topological polar surface area (TPSA) is 89.8 Å². The smallest absolute Gasteiger partial charge is 0.270 e. The molecule has 0 aromatic heterocycles. The molecule has 0 spiro atoms. The SMILES string of the molecule is CCOc1cccc(N(C)S(=O)(=O)c2cc([N+](=O)[O-])ccc2C)c1. The Morgan fingerprint density at radius 2 is 1.92 bits per heavy atom. The van der Waals surface area contributed by atoms with E-state index >= 15 is 0 Å². The van der Waals surface area contributed by atoms with Crippen molar-refractivity contribution in [3.8, 4) is 5.75 Å². The third-order valence-corrected chi connectivity index (χ3v) is 5.44. The zero-order chi connectivity index (χ0) is 17.9. The molecule has 8 heteroatoms. The van der Waals surface area contributed by atoms with Crippen molar-refractivity contribution < 1.29 is 18.1 Å². The highest BCUT2D eigenvalue weighted by Crippen LogP contribution is 2.29. The number of hydrogen-bond acceptors (Lipinski definition) is 5. The van der Waals surface area contributed by atoms with Crippen LogP contribution in [-0.4, -0.2) is 27.0 Å². The lowest BCUT2D eigenvalue weighted by Crippen LogP contribution is -2.27. The van der Waals surface area contributed by atoms with Gasteiger partial charge in [0, 0.05) is 25.2 Å². The number of nitrogens with zero attached hydrogens (tertiary/aromatic N) is 2. The molecular weight excluding hydrogens is 332 g/mol. The van der Waals surface area contributed by atoms with E-state index in [0.717, 1.165) is 10.4 Å². The number of anilines is 1. The van der Waals surface area contributed by atoms with E-state index < -0.39 is 14.9 Å². The molecule has 0 saturated carbocycles. The monoisotopic (exact) mass is 350 g/mol. The van der Waals surface area contributed by atoms with E-state index in [-0.39, 0.29) is 10.6 Å². The van der Waals surface area contributed by atoms with E-state index in [9.17, 15) is 18.5 Å². The number of rotatable bonds is 6. The van der Waals surface area contributed by atoms with Gasteiger partial charge in [-0.05, 0) is 31.5 Å². The Morgan fingerprint density at radius 3 is 2.54 bits per heavy atom. The van der Waals surface area contributed by atoms with Crippen LogP contribution in [0.15, 0.2) is 47.4 Å². The van der Waals surface area contributed by atoms with Gasteiger partial charge in [0.25, 0.3) is 15.7 Å². The molecule has 0 heterocycles. The first-order valence-corrected chi connectivity index (χ1v) is 8.68. The van der Waals surface area contributed by atoms with Crippen molar-refractivity contribution in [2.45, 2.75) is 18.7 Å². The van der Waals surface area contributed by atoms with Gasteiger partial charge in [-0.15, -0.1) is 0 Å². The third kappa shape index (κ3) is 3.48. The molecule has 0 aliphatic heterocycles. The number of nitro groups is 1. The van der Waals surface area contributed by atoms with Crippen molar-refractivity contribution >= 4 is 21.4 Å². The molecule has 0 radical (unpaired) electrons. The van der Waals surface area contributed by atoms with Gasteiger partial charge >= 0.3 is 0 Å². The normalized spacial score (nSPS) is 11.1. The average molecular weight is 350 g/mol. The Kier molecular flexibility index (Phi) is 5.08. The molecule has 0 aliphatic carbocycles. The minimum Gasteiger partial charge on any atom is -0.494 e. The summed E-state index contributed by atoms with van der Waals surface area (Å²) < 4.78 is 32.2. The molecule has 128 valence electrons. The van der Waals surface area contributed by atoms with Crippen LogP contribution in [0.1, 0.15) is 12.5 Å². The van der Waals surface area contributed by atoms with Gasteiger partial charge in [-0.25, -0.2) is 8.42 Å². The van der Waals surface area contributed by atoms with Gasteiger partial charge in [-0.3, -0.25) is 14.4 Å². The minimum atomic E-state index is -3.94. The molecule has 2 aromatic carbocycles. The average Bonchev–Trinajstić information content (AvgIpc) is 2.54. The second kappa shape index (κ2) is 6.88. The fourth-order valence-electron chi connectivity index (χ4n) is 2.20. The van der Waals surface area contributed by atoms with Crippen LogP contribution in [0.4, 0.5) is 11.4 Å². The Balaban J connectivity index is 2.48. The van der Waals surface area contributed by atoms with Crippen molar-refractivity contribution in [3.63, 3.8) is 0 Å². The van der Waals surface area contributed by atoms with Gasteiger partial charge in [-0.2, -0.15) is 0 Å². The number of non-ortho nitro benzene ring substituents is 1. The Bertz CT molecular complexity index is 865. The van der Waals surface area contributed by atoms with Crippen LogP contribution in [0, 0.1) is 17.0 Å². The van der Waals surface area contributed by atoms with Crippen LogP contribution in [0.5, 0.6) is 5.75 Å². The molecule has 0 bridgehead atoms. The van der Waals surface area contributed by atoms with E-state index in [0.29, 0.717) is 23.6 Å². The molecule has 24 heavy (non-hydrogen) atoms. The van der Waals surface area contributed by atoms with E-state index in [4.69, 9.17) is 4.74 Å². The van der Waals surface area contributed by atoms with Gasteiger partial charge in [0.2, 0.25) is 0 Å². The maximum atomic E-state index is 12.9. The number of hydrogen-bond donors (Lipinski definition) is 0. The van der Waals surface area contributed by atoms with Gasteiger partial charge in [0.05, 0.1) is 22.1 Å². The fraction of sp³-hybridized carbons (Fsp3) is 0.250. The second-order valence-corrected chi connectivity index (χ2v) is 7.05. The highest BCUT2D eigenvalue weighted by molar-refractivity contribution is 7.92. The summed E-state index contributed by atoms with van der Waals surface area (Å²) in [5, 5.41) is 10.9. The van der Waals surface area contributed by atoms with Crippen LogP contribution in [0.3, 0.4) is 0 Å². The Labute approximate surface area is 140 Å². The third-order valence-electron chi connectivity index (χ3n) is 3.51. The summed E-state index contributed by atoms with van der Waals surface area (Å²) in [5.74, 6) is 0.549. The molecule has 0 saturated heterocycles. The summed E-state index contributed by atoms with van der Waals surface area (Å²) in [5.41, 5.74) is 0.580.